The van der Waals surface area contributed by atoms with E-state index in [2.05, 4.69) is 37.2 Å². The highest BCUT2D eigenvalue weighted by Crippen LogP contribution is 2.33. The summed E-state index contributed by atoms with van der Waals surface area (Å²) in [6, 6.07) is 5.55. The molecular weight excluding hydrogens is 369 g/mol. The third kappa shape index (κ3) is 2.85. The van der Waals surface area contributed by atoms with E-state index in [1.807, 2.05) is 12.1 Å². The average Bonchev–Trinajstić information content (AvgIpc) is 2.26. The van der Waals surface area contributed by atoms with Gasteiger partial charge in [-0.25, -0.2) is 0 Å². The van der Waals surface area contributed by atoms with Gasteiger partial charge in [-0.2, -0.15) is 0 Å². The molecule has 92 valence electrons. The molecule has 0 aromatic heterocycles. The average molecular weight is 381 g/mol. The molecule has 0 spiro atoms. The number of nitrogens with one attached hydrogen (secondary N) is 1. The van der Waals surface area contributed by atoms with E-state index in [4.69, 9.17) is 11.6 Å². The number of halogens is 3. The largest absolute Gasteiger partial charge is 0.345 e. The van der Waals surface area contributed by atoms with Gasteiger partial charge in [0.15, 0.2) is 0 Å². The fourth-order valence-electron chi connectivity index (χ4n) is 1.88. The van der Waals surface area contributed by atoms with Crippen molar-refractivity contribution in [3.63, 3.8) is 0 Å². The zero-order chi connectivity index (χ0) is 12.5. The van der Waals surface area contributed by atoms with Crippen LogP contribution in [0.4, 0.5) is 0 Å². The van der Waals surface area contributed by atoms with Crippen LogP contribution in [-0.2, 0) is 0 Å². The molecule has 1 aromatic carbocycles. The van der Waals surface area contributed by atoms with Crippen LogP contribution >= 0.6 is 43.5 Å². The lowest BCUT2D eigenvalue weighted by Crippen LogP contribution is -2.55. The van der Waals surface area contributed by atoms with E-state index in [9.17, 15) is 4.79 Å². The van der Waals surface area contributed by atoms with Crippen LogP contribution in [-0.4, -0.2) is 17.3 Å². The quantitative estimate of drug-likeness (QED) is 0.785. The maximum atomic E-state index is 12.2. The molecule has 1 N–H and O–H groups in total. The van der Waals surface area contributed by atoms with Crippen molar-refractivity contribution in [3.8, 4) is 0 Å². The SMILES string of the molecule is O=C(NC1(CCl)CCC1)c1cc(Br)ccc1Br. The Bertz CT molecular complexity index is 441. The molecule has 5 heteroatoms. The van der Waals surface area contributed by atoms with Gasteiger partial charge >= 0.3 is 0 Å². The van der Waals surface area contributed by atoms with Crippen LogP contribution in [0.2, 0.25) is 0 Å². The van der Waals surface area contributed by atoms with Crippen LogP contribution < -0.4 is 5.32 Å². The Morgan fingerprint density at radius 1 is 1.41 bits per heavy atom. The molecular formula is C12H12Br2ClNO. The minimum absolute atomic E-state index is 0.0708. The minimum atomic E-state index is -0.194. The summed E-state index contributed by atoms with van der Waals surface area (Å²) in [5.41, 5.74) is 0.441. The number of carbonyl (C=O) groups excluding carboxylic acids is 1. The highest BCUT2D eigenvalue weighted by Gasteiger charge is 2.37. The number of benzene rings is 1. The number of hydrogen-bond donors (Lipinski definition) is 1. The first-order valence-electron chi connectivity index (χ1n) is 5.40. The first-order chi connectivity index (χ1) is 8.06. The molecule has 1 aliphatic rings. The number of rotatable bonds is 3. The zero-order valence-electron chi connectivity index (χ0n) is 9.10. The zero-order valence-corrected chi connectivity index (χ0v) is 13.0. The predicted molar refractivity (Wildman–Crippen MR) is 76.6 cm³/mol. The third-order valence-corrected chi connectivity index (χ3v) is 4.81. The molecule has 2 nitrogen and oxygen atoms in total. The summed E-state index contributed by atoms with van der Waals surface area (Å²) in [6.45, 7) is 0. The molecule has 0 atom stereocenters. The number of carbonyl (C=O) groups is 1. The maximum Gasteiger partial charge on any atom is 0.252 e. The van der Waals surface area contributed by atoms with Gasteiger partial charge in [0.05, 0.1) is 11.1 Å². The standard InChI is InChI=1S/C12H12Br2ClNO/c13-8-2-3-10(14)9(6-8)11(17)16-12(7-15)4-1-5-12/h2-3,6H,1,4-5,7H2,(H,16,17). The van der Waals surface area contributed by atoms with Gasteiger partial charge < -0.3 is 5.32 Å². The predicted octanol–water partition coefficient (Wildman–Crippen LogP) is 4.10. The molecule has 0 aliphatic heterocycles. The topological polar surface area (TPSA) is 29.1 Å². The Hall–Kier alpha value is -0.0600. The van der Waals surface area contributed by atoms with Crippen molar-refractivity contribution in [2.45, 2.75) is 24.8 Å². The molecule has 1 fully saturated rings. The molecule has 2 rings (SSSR count). The Balaban J connectivity index is 2.17. The Labute approximate surface area is 122 Å². The van der Waals surface area contributed by atoms with E-state index < -0.39 is 0 Å². The maximum absolute atomic E-state index is 12.2. The van der Waals surface area contributed by atoms with Gasteiger partial charge in [0.25, 0.3) is 5.91 Å². The van der Waals surface area contributed by atoms with Gasteiger partial charge in [-0.15, -0.1) is 11.6 Å². The summed E-state index contributed by atoms with van der Waals surface area (Å²) in [5.74, 6) is 0.406. The van der Waals surface area contributed by atoms with Crippen molar-refractivity contribution in [1.29, 1.82) is 0 Å². The lowest BCUT2D eigenvalue weighted by molar-refractivity contribution is 0.0853. The van der Waals surface area contributed by atoms with Crippen LogP contribution in [0.5, 0.6) is 0 Å². The van der Waals surface area contributed by atoms with Gasteiger partial charge in [0.2, 0.25) is 0 Å². The molecule has 1 aromatic rings. The second-order valence-corrected chi connectivity index (χ2v) is 6.38. The van der Waals surface area contributed by atoms with E-state index in [0.717, 1.165) is 28.2 Å². The number of alkyl halides is 1. The molecule has 0 radical (unpaired) electrons. The summed E-state index contributed by atoms with van der Waals surface area (Å²) in [4.78, 5) is 12.2. The molecule has 0 bridgehead atoms. The van der Waals surface area contributed by atoms with Crippen LogP contribution in [0, 0.1) is 0 Å². The van der Waals surface area contributed by atoms with Gasteiger partial charge in [-0.3, -0.25) is 4.79 Å². The van der Waals surface area contributed by atoms with Crippen molar-refractivity contribution >= 4 is 49.4 Å². The van der Waals surface area contributed by atoms with Crippen LogP contribution in [0.15, 0.2) is 27.1 Å². The highest BCUT2D eigenvalue weighted by atomic mass is 79.9. The minimum Gasteiger partial charge on any atom is -0.345 e. The molecule has 0 saturated heterocycles. The molecule has 0 heterocycles. The first-order valence-corrected chi connectivity index (χ1v) is 7.52. The van der Waals surface area contributed by atoms with E-state index in [-0.39, 0.29) is 11.4 Å². The van der Waals surface area contributed by atoms with E-state index in [0.29, 0.717) is 11.4 Å². The highest BCUT2D eigenvalue weighted by molar-refractivity contribution is 9.11. The Kier molecular flexibility index (Phi) is 4.16. The van der Waals surface area contributed by atoms with Crippen LogP contribution in [0.3, 0.4) is 0 Å². The van der Waals surface area contributed by atoms with Gasteiger partial charge in [-0.05, 0) is 53.4 Å². The summed E-state index contributed by atoms with van der Waals surface area (Å²) >= 11 is 12.7. The second-order valence-electron chi connectivity index (χ2n) is 4.35. The summed E-state index contributed by atoms with van der Waals surface area (Å²) in [6.07, 6.45) is 3.06. The van der Waals surface area contributed by atoms with Crippen molar-refractivity contribution in [3.05, 3.63) is 32.7 Å². The van der Waals surface area contributed by atoms with Crippen molar-refractivity contribution < 1.29 is 4.79 Å². The normalized spacial score (nSPS) is 17.4. The fourth-order valence-corrected chi connectivity index (χ4v) is 3.00. The first kappa shape index (κ1) is 13.4. The van der Waals surface area contributed by atoms with Crippen molar-refractivity contribution in [2.24, 2.45) is 0 Å². The van der Waals surface area contributed by atoms with E-state index in [1.165, 1.54) is 0 Å². The van der Waals surface area contributed by atoms with Gasteiger partial charge in [-0.1, -0.05) is 15.9 Å². The fraction of sp³-hybridized carbons (Fsp3) is 0.417. The molecule has 0 unspecified atom stereocenters. The Morgan fingerprint density at radius 2 is 2.12 bits per heavy atom. The summed E-state index contributed by atoms with van der Waals surface area (Å²) < 4.78 is 1.68. The lowest BCUT2D eigenvalue weighted by atomic mass is 9.78. The molecule has 1 saturated carbocycles. The Morgan fingerprint density at radius 3 is 2.65 bits per heavy atom. The monoisotopic (exact) mass is 379 g/mol. The molecule has 17 heavy (non-hydrogen) atoms. The number of hydrogen-bond acceptors (Lipinski definition) is 1. The van der Waals surface area contributed by atoms with E-state index in [1.54, 1.807) is 6.07 Å². The van der Waals surface area contributed by atoms with Crippen molar-refractivity contribution in [1.82, 2.24) is 5.32 Å². The van der Waals surface area contributed by atoms with E-state index >= 15 is 0 Å². The molecule has 1 aliphatic carbocycles. The summed E-state index contributed by atoms with van der Waals surface area (Å²) in [5, 5.41) is 3.04. The van der Waals surface area contributed by atoms with Crippen molar-refractivity contribution in [2.75, 3.05) is 5.88 Å². The van der Waals surface area contributed by atoms with Gasteiger partial charge in [0.1, 0.15) is 0 Å². The summed E-state index contributed by atoms with van der Waals surface area (Å²) in [7, 11) is 0. The number of amides is 1. The van der Waals surface area contributed by atoms with Gasteiger partial charge in [0, 0.05) is 14.8 Å². The second kappa shape index (κ2) is 5.29. The molecule has 1 amide bonds. The smallest absolute Gasteiger partial charge is 0.252 e. The van der Waals surface area contributed by atoms with Crippen LogP contribution in [0.1, 0.15) is 29.6 Å². The lowest BCUT2D eigenvalue weighted by Gasteiger charge is -2.41. The van der Waals surface area contributed by atoms with Crippen LogP contribution in [0.25, 0.3) is 0 Å². The third-order valence-electron chi connectivity index (χ3n) is 3.12.